The summed E-state index contributed by atoms with van der Waals surface area (Å²) in [4.78, 5) is 44.0. The Morgan fingerprint density at radius 2 is 1.13 bits per heavy atom. The van der Waals surface area contributed by atoms with E-state index in [0.29, 0.717) is 60.3 Å². The Labute approximate surface area is 391 Å². The van der Waals surface area contributed by atoms with Gasteiger partial charge in [-0.2, -0.15) is 10.2 Å². The Balaban J connectivity index is 0.000000179. The summed E-state index contributed by atoms with van der Waals surface area (Å²) in [6.07, 6.45) is 16.9. The molecule has 67 heavy (non-hydrogen) atoms. The molecule has 2 aromatic carbocycles. The number of aromatic carboxylic acids is 1. The van der Waals surface area contributed by atoms with Gasteiger partial charge in [0.25, 0.3) is 5.91 Å². The molecule has 2 saturated heterocycles. The number of hydrogen-bond acceptors (Lipinski definition) is 11. The number of aromatic nitrogens is 8. The summed E-state index contributed by atoms with van der Waals surface area (Å²) in [6.45, 7) is 6.99. The SMILES string of the molecule is C.C.CCc1cnc(OC[C@@H]2CCCN2)nc1.CCc1cnc(OC[C@@H]2CCCN2C(=O)c2c(-c3ccccc3)nn3ccccc23)nc1.O=C(O)c1c(-c2ccccc2)nn2ccccc12. The minimum absolute atomic E-state index is 0. The molecule has 15 nitrogen and oxygen atoms in total. The normalized spacial score (nSPS) is 15.0. The highest BCUT2D eigenvalue weighted by Gasteiger charge is 2.34. The minimum atomic E-state index is -0.963. The van der Waals surface area contributed by atoms with Crippen molar-refractivity contribution < 1.29 is 24.2 Å². The molecular formula is C52H60N10O5. The third-order valence-corrected chi connectivity index (χ3v) is 11.4. The fraction of sp³-hybridized carbons (Fsp3) is 0.308. The number of benzene rings is 2. The average Bonchev–Trinajstić information content (AvgIpc) is 4.20. The van der Waals surface area contributed by atoms with Gasteiger partial charge in [0.05, 0.1) is 22.6 Å². The number of carboxylic acid groups (broad SMARTS) is 1. The fourth-order valence-electron chi connectivity index (χ4n) is 7.88. The van der Waals surface area contributed by atoms with E-state index in [0.717, 1.165) is 60.0 Å². The van der Waals surface area contributed by atoms with Gasteiger partial charge in [0.1, 0.15) is 30.2 Å². The van der Waals surface area contributed by atoms with Crippen molar-refractivity contribution >= 4 is 22.9 Å². The van der Waals surface area contributed by atoms with Crippen molar-refractivity contribution in [3.8, 4) is 34.5 Å². The van der Waals surface area contributed by atoms with Crippen molar-refractivity contribution in [2.24, 2.45) is 0 Å². The summed E-state index contributed by atoms with van der Waals surface area (Å²) >= 11 is 0. The van der Waals surface area contributed by atoms with Crippen LogP contribution in [-0.2, 0) is 12.8 Å². The van der Waals surface area contributed by atoms with Gasteiger partial charge in [-0.15, -0.1) is 0 Å². The molecule has 0 radical (unpaired) electrons. The molecule has 0 spiro atoms. The van der Waals surface area contributed by atoms with Crippen LogP contribution in [0.2, 0.25) is 0 Å². The number of hydrogen-bond donors (Lipinski definition) is 2. The molecule has 15 heteroatoms. The van der Waals surface area contributed by atoms with Crippen molar-refractivity contribution in [2.75, 3.05) is 26.3 Å². The van der Waals surface area contributed by atoms with Gasteiger partial charge in [-0.25, -0.2) is 33.8 Å². The number of fused-ring (bicyclic) bond motifs is 2. The maximum atomic E-state index is 13.8. The first-order valence-corrected chi connectivity index (χ1v) is 22.1. The molecule has 2 aliphatic heterocycles. The number of ether oxygens (including phenoxy) is 2. The lowest BCUT2D eigenvalue weighted by Gasteiger charge is -2.24. The summed E-state index contributed by atoms with van der Waals surface area (Å²) in [7, 11) is 0. The first kappa shape index (κ1) is 48.9. The maximum absolute atomic E-state index is 13.8. The molecule has 0 saturated carbocycles. The van der Waals surface area contributed by atoms with Crippen LogP contribution in [-0.4, -0.2) is 99.4 Å². The predicted molar refractivity (Wildman–Crippen MR) is 261 cm³/mol. The molecule has 2 aliphatic rings. The van der Waals surface area contributed by atoms with Gasteiger partial charge in [-0.3, -0.25) is 4.79 Å². The van der Waals surface area contributed by atoms with E-state index >= 15 is 0 Å². The van der Waals surface area contributed by atoms with Crippen LogP contribution >= 0.6 is 0 Å². The number of likely N-dealkylation sites (tertiary alicyclic amines) is 1. The minimum Gasteiger partial charge on any atom is -0.478 e. The number of nitrogens with zero attached hydrogens (tertiary/aromatic N) is 9. The quantitative estimate of drug-likeness (QED) is 0.119. The first-order chi connectivity index (χ1) is 31.9. The molecule has 0 aliphatic carbocycles. The molecule has 1 amide bonds. The standard InChI is InChI=1S/C25H25N5O2.C14H10N2O2.C11H17N3O.2CH4/c1-2-18-15-26-25(27-16-18)32-17-20-11-8-13-29(20)24(31)22-21-12-6-7-14-30(21)28-23(22)19-9-4-3-5-10-19;17-14(18)12-11-8-4-5-9-16(11)15-13(12)10-6-2-1-3-7-10;1-2-9-6-13-11(14-7-9)15-8-10-4-3-5-12-10;;/h3-7,9-10,12,14-16,20H,2,8,11,13,17H2,1H3;1-9H,(H,17,18);6-7,10,12H,2-5,8H2,1H3;2*1H4/t20-;;10-;;/m0.0../s1. The van der Waals surface area contributed by atoms with Crippen molar-refractivity contribution in [3.05, 3.63) is 156 Å². The molecule has 10 rings (SSSR count). The molecule has 348 valence electrons. The van der Waals surface area contributed by atoms with E-state index in [2.05, 4.69) is 44.2 Å². The van der Waals surface area contributed by atoms with Crippen LogP contribution in [0.4, 0.5) is 0 Å². The third-order valence-electron chi connectivity index (χ3n) is 11.4. The summed E-state index contributed by atoms with van der Waals surface area (Å²) in [5.41, 5.74) is 7.41. The number of pyridine rings is 2. The topological polar surface area (TPSA) is 174 Å². The van der Waals surface area contributed by atoms with Crippen LogP contribution in [0.1, 0.15) is 86.2 Å². The van der Waals surface area contributed by atoms with Crippen LogP contribution in [0.25, 0.3) is 33.5 Å². The largest absolute Gasteiger partial charge is 0.478 e. The van der Waals surface area contributed by atoms with E-state index in [1.165, 1.54) is 12.8 Å². The number of carbonyl (C=O) groups is 2. The van der Waals surface area contributed by atoms with Crippen molar-refractivity contribution in [3.63, 3.8) is 0 Å². The Kier molecular flexibility index (Phi) is 17.2. The summed E-state index contributed by atoms with van der Waals surface area (Å²) in [5.74, 6) is -0.978. The molecular weight excluding hydrogens is 845 g/mol. The average molecular weight is 905 g/mol. The number of carboxylic acids is 1. The molecule has 0 bridgehead atoms. The second-order valence-corrected chi connectivity index (χ2v) is 15.7. The number of nitrogens with one attached hydrogen (secondary N) is 1. The van der Waals surface area contributed by atoms with Gasteiger partial charge in [0.15, 0.2) is 0 Å². The fourth-order valence-corrected chi connectivity index (χ4v) is 7.88. The van der Waals surface area contributed by atoms with Gasteiger partial charge < -0.3 is 24.8 Å². The van der Waals surface area contributed by atoms with Gasteiger partial charge >= 0.3 is 18.0 Å². The Bertz CT molecular complexity index is 2790. The third kappa shape index (κ3) is 11.8. The Morgan fingerprint density at radius 3 is 1.63 bits per heavy atom. The van der Waals surface area contributed by atoms with E-state index in [9.17, 15) is 14.7 Å². The van der Waals surface area contributed by atoms with Crippen molar-refractivity contribution in [1.82, 2.24) is 49.4 Å². The smallest absolute Gasteiger partial charge is 0.340 e. The molecule has 2 N–H and O–H groups in total. The summed E-state index contributed by atoms with van der Waals surface area (Å²) in [6, 6.07) is 31.6. The monoisotopic (exact) mass is 904 g/mol. The van der Waals surface area contributed by atoms with E-state index < -0.39 is 5.97 Å². The zero-order valence-electron chi connectivity index (χ0n) is 36.5. The van der Waals surface area contributed by atoms with E-state index in [4.69, 9.17) is 14.6 Å². The van der Waals surface area contributed by atoms with E-state index in [1.807, 2.05) is 108 Å². The second kappa shape index (κ2) is 23.6. The lowest BCUT2D eigenvalue weighted by Crippen LogP contribution is -2.39. The zero-order chi connectivity index (χ0) is 45.0. The predicted octanol–water partition coefficient (Wildman–Crippen LogP) is 9.18. The molecule has 0 unspecified atom stereocenters. The maximum Gasteiger partial charge on any atom is 0.340 e. The highest BCUT2D eigenvalue weighted by molar-refractivity contribution is 6.06. The van der Waals surface area contributed by atoms with Gasteiger partial charge in [0.2, 0.25) is 0 Å². The number of rotatable bonds is 12. The molecule has 8 heterocycles. The van der Waals surface area contributed by atoms with Crippen LogP contribution in [0.15, 0.2) is 134 Å². The number of carbonyl (C=O) groups excluding carboxylic acids is 1. The Hall–Kier alpha value is -7.52. The highest BCUT2D eigenvalue weighted by Crippen LogP contribution is 2.31. The van der Waals surface area contributed by atoms with Gasteiger partial charge in [-0.05, 0) is 80.5 Å². The number of amides is 1. The van der Waals surface area contributed by atoms with Gasteiger partial charge in [0, 0.05) is 60.9 Å². The molecule has 2 fully saturated rings. The highest BCUT2D eigenvalue weighted by atomic mass is 16.5. The van der Waals surface area contributed by atoms with Crippen LogP contribution in [0.5, 0.6) is 12.0 Å². The van der Waals surface area contributed by atoms with Crippen LogP contribution < -0.4 is 14.8 Å². The van der Waals surface area contributed by atoms with Crippen LogP contribution in [0.3, 0.4) is 0 Å². The summed E-state index contributed by atoms with van der Waals surface area (Å²) in [5, 5.41) is 21.8. The lowest BCUT2D eigenvalue weighted by molar-refractivity contribution is 0.0684. The second-order valence-electron chi connectivity index (χ2n) is 15.7. The van der Waals surface area contributed by atoms with Crippen LogP contribution in [0, 0.1) is 0 Å². The first-order valence-electron chi connectivity index (χ1n) is 22.1. The Morgan fingerprint density at radius 1 is 0.642 bits per heavy atom. The molecule has 8 aromatic rings. The van der Waals surface area contributed by atoms with Gasteiger partial charge in [-0.1, -0.05) is 101 Å². The van der Waals surface area contributed by atoms with E-state index in [1.54, 1.807) is 39.8 Å². The van der Waals surface area contributed by atoms with Crippen molar-refractivity contribution in [1.29, 1.82) is 0 Å². The van der Waals surface area contributed by atoms with E-state index in [-0.39, 0.29) is 32.4 Å². The number of aryl methyl sites for hydroxylation is 2. The zero-order valence-corrected chi connectivity index (χ0v) is 36.5. The van der Waals surface area contributed by atoms with Crippen molar-refractivity contribution in [2.45, 2.75) is 79.3 Å². The lowest BCUT2D eigenvalue weighted by atomic mass is 10.1. The summed E-state index contributed by atoms with van der Waals surface area (Å²) < 4.78 is 14.7. The molecule has 6 aromatic heterocycles. The molecule has 2 atom stereocenters.